The molecule has 1 atom stereocenters. The average Bonchev–Trinajstić information content (AvgIpc) is 3.26. The number of amides is 2. The molecular formula is C24H26N4O3S. The third kappa shape index (κ3) is 5.77. The van der Waals surface area contributed by atoms with E-state index in [1.165, 1.54) is 0 Å². The van der Waals surface area contributed by atoms with Gasteiger partial charge in [-0.05, 0) is 44.0 Å². The van der Waals surface area contributed by atoms with Gasteiger partial charge in [-0.2, -0.15) is 0 Å². The minimum atomic E-state index is -0.677. The topological polar surface area (TPSA) is 84.4 Å². The second-order valence-electron chi connectivity index (χ2n) is 7.69. The van der Waals surface area contributed by atoms with Gasteiger partial charge in [0.1, 0.15) is 0 Å². The number of aromatic nitrogens is 2. The molecule has 2 aromatic heterocycles. The number of morpholine rings is 1. The van der Waals surface area contributed by atoms with Gasteiger partial charge in [0.25, 0.3) is 5.91 Å². The largest absolute Gasteiger partial charge is 0.365 e. The number of hydrogen-bond donors (Lipinski definition) is 1. The Balaban J connectivity index is 1.27. The van der Waals surface area contributed by atoms with Crippen molar-refractivity contribution in [3.8, 4) is 11.3 Å². The first kappa shape index (κ1) is 22.1. The Labute approximate surface area is 191 Å². The highest BCUT2D eigenvalue weighted by Gasteiger charge is 2.29. The molecule has 0 radical (unpaired) electrons. The van der Waals surface area contributed by atoms with Gasteiger partial charge in [-0.15, -0.1) is 11.3 Å². The van der Waals surface area contributed by atoms with Gasteiger partial charge in [-0.1, -0.05) is 18.2 Å². The Kier molecular flexibility index (Phi) is 7.24. The fourth-order valence-electron chi connectivity index (χ4n) is 3.60. The van der Waals surface area contributed by atoms with Crippen molar-refractivity contribution >= 4 is 28.8 Å². The minimum Gasteiger partial charge on any atom is -0.365 e. The quantitative estimate of drug-likeness (QED) is 0.593. The lowest BCUT2D eigenvalue weighted by Crippen LogP contribution is -2.50. The summed E-state index contributed by atoms with van der Waals surface area (Å²) in [6, 6.07) is 13.4. The van der Waals surface area contributed by atoms with E-state index in [0.29, 0.717) is 25.3 Å². The molecule has 2 amide bonds. The molecule has 0 spiro atoms. The van der Waals surface area contributed by atoms with Crippen LogP contribution in [0.3, 0.4) is 0 Å². The zero-order valence-electron chi connectivity index (χ0n) is 18.0. The lowest BCUT2D eigenvalue weighted by atomic mass is 10.1. The molecular weight excluding hydrogens is 424 g/mol. The first-order chi connectivity index (χ1) is 15.6. The number of aryl methyl sites for hydroxylation is 2. The first-order valence-electron chi connectivity index (χ1n) is 10.7. The summed E-state index contributed by atoms with van der Waals surface area (Å²) < 4.78 is 5.64. The molecule has 1 saturated heterocycles. The van der Waals surface area contributed by atoms with Crippen LogP contribution in [0.15, 0.2) is 54.0 Å². The molecule has 0 saturated carbocycles. The number of nitrogens with zero attached hydrogens (tertiary/aromatic N) is 3. The number of pyridine rings is 1. The number of rotatable bonds is 7. The van der Waals surface area contributed by atoms with Crippen LogP contribution < -0.4 is 5.32 Å². The van der Waals surface area contributed by atoms with Gasteiger partial charge >= 0.3 is 0 Å². The summed E-state index contributed by atoms with van der Waals surface area (Å²) in [5.41, 5.74) is 3.60. The number of carbonyl (C=O) groups excluding carboxylic acids is 2. The Morgan fingerprint density at radius 1 is 1.22 bits per heavy atom. The van der Waals surface area contributed by atoms with Crippen molar-refractivity contribution in [2.24, 2.45) is 0 Å². The normalized spacial score (nSPS) is 16.0. The van der Waals surface area contributed by atoms with Crippen molar-refractivity contribution in [1.29, 1.82) is 0 Å². The van der Waals surface area contributed by atoms with E-state index in [9.17, 15) is 9.59 Å². The Morgan fingerprint density at radius 2 is 2.06 bits per heavy atom. The van der Waals surface area contributed by atoms with E-state index in [0.717, 1.165) is 34.8 Å². The fraction of sp³-hybridized carbons (Fsp3) is 0.333. The van der Waals surface area contributed by atoms with Crippen LogP contribution in [0.2, 0.25) is 0 Å². The summed E-state index contributed by atoms with van der Waals surface area (Å²) in [7, 11) is 0. The third-order valence-corrected chi connectivity index (χ3v) is 6.10. The van der Waals surface area contributed by atoms with Crippen molar-refractivity contribution in [2.75, 3.05) is 25.0 Å². The highest BCUT2D eigenvalue weighted by atomic mass is 32.1. The second kappa shape index (κ2) is 10.5. The molecule has 166 valence electrons. The van der Waals surface area contributed by atoms with Crippen molar-refractivity contribution in [1.82, 2.24) is 14.9 Å². The number of hydrogen-bond acceptors (Lipinski definition) is 6. The maximum atomic E-state index is 12.7. The monoisotopic (exact) mass is 450 g/mol. The summed E-state index contributed by atoms with van der Waals surface area (Å²) in [5, 5.41) is 5.92. The fourth-order valence-corrected chi connectivity index (χ4v) is 4.22. The van der Waals surface area contributed by atoms with Gasteiger partial charge in [0, 0.05) is 41.5 Å². The van der Waals surface area contributed by atoms with Crippen LogP contribution in [0.1, 0.15) is 23.5 Å². The Morgan fingerprint density at radius 3 is 2.78 bits per heavy atom. The Hall–Kier alpha value is -3.10. The molecule has 1 fully saturated rings. The van der Waals surface area contributed by atoms with Gasteiger partial charge in [-0.25, -0.2) is 4.98 Å². The number of carbonyl (C=O) groups is 2. The summed E-state index contributed by atoms with van der Waals surface area (Å²) in [5.74, 6) is -0.196. The van der Waals surface area contributed by atoms with E-state index in [4.69, 9.17) is 4.74 Å². The molecule has 1 aliphatic rings. The number of thiazole rings is 1. The van der Waals surface area contributed by atoms with Crippen molar-refractivity contribution in [3.05, 3.63) is 64.7 Å². The summed E-state index contributed by atoms with van der Waals surface area (Å²) >= 11 is 1.61. The molecule has 0 aliphatic carbocycles. The van der Waals surface area contributed by atoms with Crippen LogP contribution in [0.5, 0.6) is 0 Å². The SMILES string of the molecule is Cc1nc(-c2ccc(NC(=O)C3CN(C(=O)CCCc4ccccn4)CCO3)cc2)cs1. The highest BCUT2D eigenvalue weighted by molar-refractivity contribution is 7.09. The molecule has 1 unspecified atom stereocenters. The van der Waals surface area contributed by atoms with E-state index >= 15 is 0 Å². The number of ether oxygens (including phenoxy) is 1. The zero-order chi connectivity index (χ0) is 22.3. The van der Waals surface area contributed by atoms with Crippen LogP contribution in [0, 0.1) is 6.92 Å². The van der Waals surface area contributed by atoms with E-state index in [-0.39, 0.29) is 18.4 Å². The van der Waals surface area contributed by atoms with E-state index in [2.05, 4.69) is 15.3 Å². The lowest BCUT2D eigenvalue weighted by molar-refractivity contribution is -0.144. The van der Waals surface area contributed by atoms with E-state index < -0.39 is 6.10 Å². The maximum absolute atomic E-state index is 12.7. The van der Waals surface area contributed by atoms with Crippen molar-refractivity contribution in [3.63, 3.8) is 0 Å². The first-order valence-corrected chi connectivity index (χ1v) is 11.6. The third-order valence-electron chi connectivity index (χ3n) is 5.33. The van der Waals surface area contributed by atoms with Crippen LogP contribution >= 0.6 is 11.3 Å². The predicted octanol–water partition coefficient (Wildman–Crippen LogP) is 3.70. The molecule has 8 heteroatoms. The zero-order valence-corrected chi connectivity index (χ0v) is 18.8. The summed E-state index contributed by atoms with van der Waals surface area (Å²) in [6.45, 7) is 3.10. The van der Waals surface area contributed by atoms with Gasteiger partial charge < -0.3 is 15.0 Å². The molecule has 1 N–H and O–H groups in total. The van der Waals surface area contributed by atoms with Gasteiger partial charge in [0.05, 0.1) is 23.9 Å². The summed E-state index contributed by atoms with van der Waals surface area (Å²) in [6.07, 6.45) is 3.01. The molecule has 3 heterocycles. The van der Waals surface area contributed by atoms with Crippen LogP contribution in [0.4, 0.5) is 5.69 Å². The molecule has 3 aromatic rings. The molecule has 7 nitrogen and oxygen atoms in total. The van der Waals surface area contributed by atoms with E-state index in [1.807, 2.05) is 54.8 Å². The number of benzene rings is 1. The highest BCUT2D eigenvalue weighted by Crippen LogP contribution is 2.23. The molecule has 1 aliphatic heterocycles. The van der Waals surface area contributed by atoms with Crippen LogP contribution in [-0.2, 0) is 20.7 Å². The van der Waals surface area contributed by atoms with Gasteiger partial charge in [0.15, 0.2) is 6.10 Å². The second-order valence-corrected chi connectivity index (χ2v) is 8.75. The standard InChI is InChI=1S/C24H26N4O3S/c1-17-26-21(16-32-17)18-8-10-20(11-9-18)27-24(30)22-15-28(13-14-31-22)23(29)7-4-6-19-5-2-3-12-25-19/h2-3,5,8-12,16,22H,4,6-7,13-15H2,1H3,(H,27,30). The van der Waals surface area contributed by atoms with Crippen LogP contribution in [-0.4, -0.2) is 52.5 Å². The maximum Gasteiger partial charge on any atom is 0.255 e. The lowest BCUT2D eigenvalue weighted by Gasteiger charge is -2.32. The van der Waals surface area contributed by atoms with Crippen molar-refractivity contribution in [2.45, 2.75) is 32.3 Å². The minimum absolute atomic E-state index is 0.0462. The molecule has 32 heavy (non-hydrogen) atoms. The van der Waals surface area contributed by atoms with Gasteiger partial charge in [-0.3, -0.25) is 14.6 Å². The molecule has 4 rings (SSSR count). The predicted molar refractivity (Wildman–Crippen MR) is 124 cm³/mol. The van der Waals surface area contributed by atoms with Gasteiger partial charge in [0.2, 0.25) is 5.91 Å². The molecule has 0 bridgehead atoms. The molecule has 1 aromatic carbocycles. The Bertz CT molecular complexity index is 1050. The van der Waals surface area contributed by atoms with Crippen molar-refractivity contribution < 1.29 is 14.3 Å². The number of anilines is 1. The van der Waals surface area contributed by atoms with E-state index in [1.54, 1.807) is 22.4 Å². The average molecular weight is 451 g/mol. The smallest absolute Gasteiger partial charge is 0.255 e. The summed E-state index contributed by atoms with van der Waals surface area (Å²) in [4.78, 5) is 35.8. The number of nitrogens with one attached hydrogen (secondary N) is 1. The van der Waals surface area contributed by atoms with Crippen LogP contribution in [0.25, 0.3) is 11.3 Å².